The average Bonchev–Trinajstić information content (AvgIpc) is 2.54. The van der Waals surface area contributed by atoms with Gasteiger partial charge in [-0.3, -0.25) is 5.43 Å². The van der Waals surface area contributed by atoms with Gasteiger partial charge in [0.2, 0.25) is 5.71 Å². The summed E-state index contributed by atoms with van der Waals surface area (Å²) in [5.41, 5.74) is 3.47. The van der Waals surface area contributed by atoms with Crippen molar-refractivity contribution in [2.75, 3.05) is 5.43 Å². The van der Waals surface area contributed by atoms with Gasteiger partial charge in [-0.05, 0) is 16.8 Å². The van der Waals surface area contributed by atoms with Gasteiger partial charge in [0.25, 0.3) is 0 Å². The van der Waals surface area contributed by atoms with Crippen molar-refractivity contribution in [2.45, 2.75) is 0 Å². The van der Waals surface area contributed by atoms with E-state index >= 15 is 0 Å². The molecule has 0 bridgehead atoms. The number of rotatable bonds is 2. The predicted molar refractivity (Wildman–Crippen MR) is 83.7 cm³/mol. The first-order chi connectivity index (χ1) is 10.3. The molecule has 0 unspecified atom stereocenters. The zero-order valence-corrected chi connectivity index (χ0v) is 11.0. The van der Waals surface area contributed by atoms with Crippen LogP contribution in [0.1, 0.15) is 0 Å². The van der Waals surface area contributed by atoms with E-state index in [1.165, 1.54) is 0 Å². The molecule has 0 spiro atoms. The molecule has 0 fully saturated rings. The molecule has 3 rings (SSSR count). The second kappa shape index (κ2) is 5.32. The number of fused-ring (bicyclic) bond motifs is 2. The van der Waals surface area contributed by atoms with Crippen LogP contribution in [-0.2, 0) is 0 Å². The van der Waals surface area contributed by atoms with Gasteiger partial charge in [-0.2, -0.15) is 15.6 Å². The van der Waals surface area contributed by atoms with Crippen LogP contribution in [0.2, 0.25) is 0 Å². The highest BCUT2D eigenvalue weighted by Gasteiger charge is 2.06. The zero-order chi connectivity index (χ0) is 14.7. The lowest BCUT2D eigenvalue weighted by Gasteiger charge is -2.10. The molecule has 4 heteroatoms. The molecule has 4 nitrogen and oxygen atoms in total. The first-order valence-electron chi connectivity index (χ1n) is 6.38. The third-order valence-electron chi connectivity index (χ3n) is 3.26. The molecule has 0 saturated carbocycles. The van der Waals surface area contributed by atoms with Gasteiger partial charge in [-0.15, -0.1) is 0 Å². The molecule has 0 atom stereocenters. The summed E-state index contributed by atoms with van der Waals surface area (Å²) in [6, 6.07) is 21.4. The third-order valence-corrected chi connectivity index (χ3v) is 3.26. The molecule has 0 aromatic heterocycles. The Hall–Kier alpha value is -3.37. The Morgan fingerprint density at radius 2 is 1.38 bits per heavy atom. The minimum Gasteiger partial charge on any atom is -0.275 e. The second-order valence-corrected chi connectivity index (χ2v) is 4.49. The largest absolute Gasteiger partial charge is 0.275 e. The number of nitrogens with zero attached hydrogens (tertiary/aromatic N) is 3. The topological polar surface area (TPSA) is 72.0 Å². The minimum atomic E-state index is -0.202. The number of hydrogen-bond acceptors (Lipinski definition) is 4. The second-order valence-electron chi connectivity index (χ2n) is 4.49. The smallest absolute Gasteiger partial charge is 0.237 e. The maximum Gasteiger partial charge on any atom is 0.237 e. The summed E-state index contributed by atoms with van der Waals surface area (Å²) in [5, 5.41) is 25.6. The molecule has 98 valence electrons. The van der Waals surface area contributed by atoms with E-state index in [1.807, 2.05) is 48.5 Å². The van der Waals surface area contributed by atoms with E-state index in [2.05, 4.69) is 16.6 Å². The van der Waals surface area contributed by atoms with E-state index in [0.717, 1.165) is 27.2 Å². The van der Waals surface area contributed by atoms with Crippen LogP contribution < -0.4 is 5.43 Å². The van der Waals surface area contributed by atoms with Gasteiger partial charge < -0.3 is 0 Å². The summed E-state index contributed by atoms with van der Waals surface area (Å²) < 4.78 is 0. The van der Waals surface area contributed by atoms with Crippen LogP contribution in [0.3, 0.4) is 0 Å². The van der Waals surface area contributed by atoms with E-state index in [0.29, 0.717) is 0 Å². The summed E-state index contributed by atoms with van der Waals surface area (Å²) in [7, 11) is 0. The molecule has 3 aromatic rings. The summed E-state index contributed by atoms with van der Waals surface area (Å²) in [4.78, 5) is 0. The molecular weight excluding hydrogens is 260 g/mol. The number of nitriles is 2. The van der Waals surface area contributed by atoms with Gasteiger partial charge in [-0.1, -0.05) is 48.5 Å². The van der Waals surface area contributed by atoms with Gasteiger partial charge in [0, 0.05) is 10.8 Å². The molecule has 0 aliphatic rings. The van der Waals surface area contributed by atoms with Gasteiger partial charge in [0.15, 0.2) is 0 Å². The van der Waals surface area contributed by atoms with E-state index in [4.69, 9.17) is 10.5 Å². The lowest BCUT2D eigenvalue weighted by molar-refractivity contribution is 1.36. The Bertz CT molecular complexity index is 872. The summed E-state index contributed by atoms with van der Waals surface area (Å²) in [5.74, 6) is 0. The highest BCUT2D eigenvalue weighted by Crippen LogP contribution is 2.32. The Labute approximate surface area is 121 Å². The summed E-state index contributed by atoms with van der Waals surface area (Å²) in [6.07, 6.45) is 0. The molecule has 0 heterocycles. The lowest BCUT2D eigenvalue weighted by Crippen LogP contribution is -1.97. The molecule has 0 amide bonds. The van der Waals surface area contributed by atoms with Crippen molar-refractivity contribution < 1.29 is 0 Å². The maximum atomic E-state index is 8.79. The van der Waals surface area contributed by atoms with Crippen LogP contribution in [0.25, 0.3) is 21.5 Å². The van der Waals surface area contributed by atoms with Crippen LogP contribution in [-0.4, -0.2) is 5.71 Å². The van der Waals surface area contributed by atoms with Crippen LogP contribution in [0, 0.1) is 22.7 Å². The third kappa shape index (κ3) is 2.27. The van der Waals surface area contributed by atoms with Crippen LogP contribution in [0.15, 0.2) is 59.7 Å². The SMILES string of the molecule is N#CC(C#N)=NNc1c2ccccc2cc2ccccc12. The number of benzene rings is 3. The molecule has 1 N–H and O–H groups in total. The fourth-order valence-electron chi connectivity index (χ4n) is 2.32. The fourth-order valence-corrected chi connectivity index (χ4v) is 2.32. The van der Waals surface area contributed by atoms with Gasteiger partial charge >= 0.3 is 0 Å². The molecule has 0 aliphatic heterocycles. The van der Waals surface area contributed by atoms with Crippen molar-refractivity contribution in [3.63, 3.8) is 0 Å². The van der Waals surface area contributed by atoms with Crippen molar-refractivity contribution >= 4 is 32.9 Å². The van der Waals surface area contributed by atoms with Crippen molar-refractivity contribution in [2.24, 2.45) is 5.10 Å². The molecule has 3 aromatic carbocycles. The number of anilines is 1. The molecule has 0 saturated heterocycles. The molecule has 0 radical (unpaired) electrons. The number of nitrogens with one attached hydrogen (secondary N) is 1. The standard InChI is InChI=1S/C17H10N4/c18-10-14(11-19)20-21-17-15-7-3-1-5-12(15)9-13-6-2-4-8-16(13)17/h1-9,21H. The van der Waals surface area contributed by atoms with E-state index in [1.54, 1.807) is 12.1 Å². The molecular formula is C17H10N4. The summed E-state index contributed by atoms with van der Waals surface area (Å²) in [6.45, 7) is 0. The van der Waals surface area contributed by atoms with Crippen molar-refractivity contribution in [3.05, 3.63) is 54.6 Å². The Balaban J connectivity index is 2.29. The van der Waals surface area contributed by atoms with E-state index < -0.39 is 0 Å². The minimum absolute atomic E-state index is 0.202. The highest BCUT2D eigenvalue weighted by atomic mass is 15.3. The normalized spacial score (nSPS) is 9.81. The van der Waals surface area contributed by atoms with Gasteiger partial charge in [-0.25, -0.2) is 0 Å². The van der Waals surface area contributed by atoms with E-state index in [9.17, 15) is 0 Å². The zero-order valence-electron chi connectivity index (χ0n) is 11.0. The van der Waals surface area contributed by atoms with Crippen molar-refractivity contribution in [3.8, 4) is 12.1 Å². The van der Waals surface area contributed by atoms with Crippen molar-refractivity contribution in [1.82, 2.24) is 0 Å². The molecule has 21 heavy (non-hydrogen) atoms. The first-order valence-corrected chi connectivity index (χ1v) is 6.38. The van der Waals surface area contributed by atoms with Crippen molar-refractivity contribution in [1.29, 1.82) is 10.5 Å². The van der Waals surface area contributed by atoms with Gasteiger partial charge in [0.05, 0.1) is 5.69 Å². The Morgan fingerprint density at radius 1 is 0.857 bits per heavy atom. The predicted octanol–water partition coefficient (Wildman–Crippen LogP) is 3.81. The van der Waals surface area contributed by atoms with Gasteiger partial charge in [0.1, 0.15) is 12.1 Å². The van der Waals surface area contributed by atoms with E-state index in [-0.39, 0.29) is 5.71 Å². The first kappa shape index (κ1) is 12.7. The quantitative estimate of drug-likeness (QED) is 0.437. The summed E-state index contributed by atoms with van der Waals surface area (Å²) >= 11 is 0. The van der Waals surface area contributed by atoms with Crippen LogP contribution >= 0.6 is 0 Å². The van der Waals surface area contributed by atoms with Crippen LogP contribution in [0.5, 0.6) is 0 Å². The average molecular weight is 270 g/mol. The Kier molecular flexibility index (Phi) is 3.21. The monoisotopic (exact) mass is 270 g/mol. The lowest BCUT2D eigenvalue weighted by atomic mass is 10.0. The van der Waals surface area contributed by atoms with Crippen LogP contribution in [0.4, 0.5) is 5.69 Å². The molecule has 0 aliphatic carbocycles. The fraction of sp³-hybridized carbons (Fsp3) is 0. The maximum absolute atomic E-state index is 8.79. The highest BCUT2D eigenvalue weighted by molar-refractivity contribution is 6.13. The Morgan fingerprint density at radius 3 is 1.90 bits per heavy atom. The number of hydrazone groups is 1. The number of hydrogen-bond donors (Lipinski definition) is 1.